The van der Waals surface area contributed by atoms with E-state index >= 15 is 0 Å². The Morgan fingerprint density at radius 1 is 0.765 bits per heavy atom. The van der Waals surface area contributed by atoms with E-state index in [-0.39, 0.29) is 0 Å². The quantitative estimate of drug-likeness (QED) is 0.284. The number of nitrogens with one attached hydrogen (secondary N) is 1. The smallest absolute Gasteiger partial charge is 0.149 e. The van der Waals surface area contributed by atoms with Crippen LogP contribution < -0.4 is 30.2 Å². The fraction of sp³-hybridized carbons (Fsp3) is 0.231. The van der Waals surface area contributed by atoms with Gasteiger partial charge in [0, 0.05) is 48.3 Å². The van der Waals surface area contributed by atoms with Gasteiger partial charge in [-0.3, -0.25) is 4.98 Å². The fourth-order valence-electron chi connectivity index (χ4n) is 4.08. The molecule has 0 saturated carbocycles. The number of hydrazine groups is 1. The van der Waals surface area contributed by atoms with Crippen LogP contribution in [0.25, 0.3) is 10.8 Å². The summed E-state index contributed by atoms with van der Waals surface area (Å²) >= 11 is 0. The molecule has 8 heteroatoms. The Morgan fingerprint density at radius 3 is 1.94 bits per heavy atom. The maximum atomic E-state index is 5.84. The lowest BCUT2D eigenvalue weighted by Crippen LogP contribution is -2.13. The molecule has 0 amide bonds. The fourth-order valence-corrected chi connectivity index (χ4v) is 4.08. The zero-order valence-corrected chi connectivity index (χ0v) is 19.7. The predicted octanol–water partition coefficient (Wildman–Crippen LogP) is 4.13. The summed E-state index contributed by atoms with van der Waals surface area (Å²) in [5.74, 6) is 9.34. The third-order valence-electron chi connectivity index (χ3n) is 5.85. The number of rotatable bonds is 9. The van der Waals surface area contributed by atoms with Crippen molar-refractivity contribution in [3.05, 3.63) is 77.2 Å². The Labute approximate surface area is 198 Å². The van der Waals surface area contributed by atoms with Gasteiger partial charge >= 0.3 is 0 Å². The van der Waals surface area contributed by atoms with Crippen LogP contribution >= 0.6 is 0 Å². The maximum Gasteiger partial charge on any atom is 0.149 e. The van der Waals surface area contributed by atoms with Crippen molar-refractivity contribution in [1.82, 2.24) is 9.97 Å². The monoisotopic (exact) mass is 460 g/mol. The van der Waals surface area contributed by atoms with Gasteiger partial charge in [0.1, 0.15) is 28.8 Å². The Hall–Kier alpha value is -4.04. The molecule has 0 aliphatic rings. The molecule has 0 saturated heterocycles. The molecule has 2 aromatic heterocycles. The standard InChI is InChI=1S/C26H28N4O4/c1-31-18-7-5-16(24(13-18)33-3)11-21-20-9-10-28-15-22(20)26(30-27)29-23(21)12-17-6-8-19(32-2)14-25(17)34-4/h5-10,13-15H,11-12,27H2,1-4H3,(H,29,30). The van der Waals surface area contributed by atoms with Crippen molar-refractivity contribution < 1.29 is 18.9 Å². The van der Waals surface area contributed by atoms with E-state index in [1.165, 1.54) is 0 Å². The number of hydrogen-bond acceptors (Lipinski definition) is 8. The largest absolute Gasteiger partial charge is 0.497 e. The third-order valence-corrected chi connectivity index (χ3v) is 5.85. The summed E-state index contributed by atoms with van der Waals surface area (Å²) in [7, 11) is 6.57. The number of hydrogen-bond donors (Lipinski definition) is 2. The first-order valence-electron chi connectivity index (χ1n) is 10.8. The summed E-state index contributed by atoms with van der Waals surface area (Å²) in [5.41, 5.74) is 6.65. The van der Waals surface area contributed by atoms with E-state index in [0.29, 0.717) is 18.7 Å². The number of nitrogen functional groups attached to an aromatic ring is 1. The van der Waals surface area contributed by atoms with Gasteiger partial charge in [0.25, 0.3) is 0 Å². The van der Waals surface area contributed by atoms with Crippen LogP contribution in [0.1, 0.15) is 22.4 Å². The van der Waals surface area contributed by atoms with Gasteiger partial charge in [0.05, 0.1) is 34.1 Å². The molecule has 0 spiro atoms. The van der Waals surface area contributed by atoms with Crippen molar-refractivity contribution in [2.24, 2.45) is 5.84 Å². The number of aromatic nitrogens is 2. The van der Waals surface area contributed by atoms with Crippen LogP contribution in [-0.4, -0.2) is 38.4 Å². The predicted molar refractivity (Wildman–Crippen MR) is 132 cm³/mol. The lowest BCUT2D eigenvalue weighted by Gasteiger charge is -2.18. The highest BCUT2D eigenvalue weighted by Crippen LogP contribution is 2.34. The average molecular weight is 461 g/mol. The summed E-state index contributed by atoms with van der Waals surface area (Å²) < 4.78 is 22.0. The van der Waals surface area contributed by atoms with Crippen LogP contribution in [0.3, 0.4) is 0 Å². The van der Waals surface area contributed by atoms with E-state index in [2.05, 4.69) is 10.4 Å². The molecule has 4 aromatic rings. The number of pyridine rings is 2. The lowest BCUT2D eigenvalue weighted by molar-refractivity contribution is 0.391. The first-order chi connectivity index (χ1) is 16.6. The van der Waals surface area contributed by atoms with Crippen molar-refractivity contribution in [1.29, 1.82) is 0 Å². The highest BCUT2D eigenvalue weighted by atomic mass is 16.5. The molecular formula is C26H28N4O4. The molecule has 2 heterocycles. The Kier molecular flexibility index (Phi) is 6.98. The minimum Gasteiger partial charge on any atom is -0.497 e. The highest BCUT2D eigenvalue weighted by molar-refractivity contribution is 5.94. The summed E-state index contributed by atoms with van der Waals surface area (Å²) in [6.07, 6.45) is 4.67. The van der Waals surface area contributed by atoms with Gasteiger partial charge in [-0.25, -0.2) is 10.8 Å². The molecule has 0 fully saturated rings. The number of fused-ring (bicyclic) bond motifs is 1. The highest BCUT2D eigenvalue weighted by Gasteiger charge is 2.18. The van der Waals surface area contributed by atoms with Gasteiger partial charge in [-0.15, -0.1) is 0 Å². The van der Waals surface area contributed by atoms with Crippen molar-refractivity contribution in [2.45, 2.75) is 12.8 Å². The van der Waals surface area contributed by atoms with Crippen LogP contribution in [0.5, 0.6) is 23.0 Å². The minimum atomic E-state index is 0.536. The van der Waals surface area contributed by atoms with E-state index in [1.807, 2.05) is 42.5 Å². The van der Waals surface area contributed by atoms with Gasteiger partial charge in [-0.1, -0.05) is 12.1 Å². The number of ether oxygens (including phenoxy) is 4. The maximum absolute atomic E-state index is 5.84. The number of nitrogens with two attached hydrogens (primary N) is 1. The van der Waals surface area contributed by atoms with Crippen LogP contribution in [-0.2, 0) is 12.8 Å². The topological polar surface area (TPSA) is 101 Å². The normalized spacial score (nSPS) is 10.7. The first-order valence-corrected chi connectivity index (χ1v) is 10.8. The average Bonchev–Trinajstić information content (AvgIpc) is 2.89. The number of benzene rings is 2. The van der Waals surface area contributed by atoms with Crippen LogP contribution in [0.2, 0.25) is 0 Å². The van der Waals surface area contributed by atoms with Gasteiger partial charge < -0.3 is 24.4 Å². The van der Waals surface area contributed by atoms with Crippen molar-refractivity contribution in [3.63, 3.8) is 0 Å². The molecule has 0 aliphatic heterocycles. The molecule has 0 aliphatic carbocycles. The minimum absolute atomic E-state index is 0.536. The SMILES string of the molecule is COc1ccc(Cc2nc(NN)c3cnccc3c2Cc2ccc(OC)cc2OC)c(OC)c1. The number of methoxy groups -OCH3 is 4. The van der Waals surface area contributed by atoms with E-state index in [0.717, 1.165) is 56.2 Å². The second kappa shape index (κ2) is 10.3. The second-order valence-electron chi connectivity index (χ2n) is 7.66. The van der Waals surface area contributed by atoms with Crippen molar-refractivity contribution in [2.75, 3.05) is 33.9 Å². The molecule has 8 nitrogen and oxygen atoms in total. The molecule has 2 aromatic carbocycles. The summed E-state index contributed by atoms with van der Waals surface area (Å²) in [6, 6.07) is 13.6. The first kappa shape index (κ1) is 23.1. The molecule has 0 atom stereocenters. The third kappa shape index (κ3) is 4.53. The van der Waals surface area contributed by atoms with E-state index < -0.39 is 0 Å². The van der Waals surface area contributed by atoms with Crippen molar-refractivity contribution >= 4 is 16.6 Å². The Morgan fingerprint density at radius 2 is 1.38 bits per heavy atom. The number of anilines is 1. The summed E-state index contributed by atoms with van der Waals surface area (Å²) in [4.78, 5) is 9.17. The lowest BCUT2D eigenvalue weighted by atomic mass is 9.94. The molecule has 0 unspecified atom stereocenters. The van der Waals surface area contributed by atoms with Gasteiger partial charge in [-0.05, 0) is 34.7 Å². The summed E-state index contributed by atoms with van der Waals surface area (Å²) in [6.45, 7) is 0. The number of nitrogens with zero attached hydrogens (tertiary/aromatic N) is 2. The zero-order valence-electron chi connectivity index (χ0n) is 19.7. The van der Waals surface area contributed by atoms with Crippen LogP contribution in [0.4, 0.5) is 5.82 Å². The van der Waals surface area contributed by atoms with E-state index in [9.17, 15) is 0 Å². The molecule has 3 N–H and O–H groups in total. The van der Waals surface area contributed by atoms with Gasteiger partial charge in [0.15, 0.2) is 0 Å². The van der Waals surface area contributed by atoms with Gasteiger partial charge in [0.2, 0.25) is 0 Å². The second-order valence-corrected chi connectivity index (χ2v) is 7.66. The molecule has 176 valence electrons. The molecule has 34 heavy (non-hydrogen) atoms. The van der Waals surface area contributed by atoms with Crippen LogP contribution in [0.15, 0.2) is 54.9 Å². The molecule has 0 radical (unpaired) electrons. The molecular weight excluding hydrogens is 432 g/mol. The van der Waals surface area contributed by atoms with Gasteiger partial charge in [-0.2, -0.15) is 0 Å². The molecule has 4 rings (SSSR count). The van der Waals surface area contributed by atoms with E-state index in [4.69, 9.17) is 29.8 Å². The summed E-state index contributed by atoms with van der Waals surface area (Å²) in [5, 5.41) is 1.86. The Balaban J connectivity index is 1.88. The van der Waals surface area contributed by atoms with Crippen LogP contribution in [0, 0.1) is 0 Å². The Bertz CT molecular complexity index is 1310. The zero-order chi connectivity index (χ0) is 24.1. The molecule has 0 bridgehead atoms. The van der Waals surface area contributed by atoms with E-state index in [1.54, 1.807) is 40.8 Å². The van der Waals surface area contributed by atoms with Crippen molar-refractivity contribution in [3.8, 4) is 23.0 Å².